The number of ketones is 1. The fourth-order valence-corrected chi connectivity index (χ4v) is 3.33. The Morgan fingerprint density at radius 3 is 2.14 bits per heavy atom. The van der Waals surface area contributed by atoms with Gasteiger partial charge in [0.2, 0.25) is 0 Å². The van der Waals surface area contributed by atoms with Gasteiger partial charge in [-0.15, -0.1) is 0 Å². The third-order valence-corrected chi connectivity index (χ3v) is 5.00. The first-order valence-electron chi connectivity index (χ1n) is 9.99. The van der Waals surface area contributed by atoms with Gasteiger partial charge in [0.1, 0.15) is 0 Å². The van der Waals surface area contributed by atoms with Crippen LogP contribution < -0.4 is 5.84 Å². The van der Waals surface area contributed by atoms with Crippen LogP contribution in [-0.2, 0) is 4.79 Å². The van der Waals surface area contributed by atoms with E-state index in [-0.39, 0.29) is 23.3 Å². The number of benzene rings is 2. The maximum absolute atomic E-state index is 13.0. The molecule has 0 aromatic heterocycles. The number of hydroxylamine groups is 1. The molecule has 2 rings (SSSR count). The summed E-state index contributed by atoms with van der Waals surface area (Å²) in [5.41, 5.74) is 2.96. The largest absolute Gasteiger partial charge is 0.294 e. The van der Waals surface area contributed by atoms with E-state index in [9.17, 15) is 9.59 Å². The van der Waals surface area contributed by atoms with Gasteiger partial charge < -0.3 is 0 Å². The third-order valence-electron chi connectivity index (χ3n) is 5.00. The molecule has 0 saturated heterocycles. The van der Waals surface area contributed by atoms with Gasteiger partial charge in [-0.2, -0.15) is 5.17 Å². The molecule has 2 aromatic carbocycles. The highest BCUT2D eigenvalue weighted by Gasteiger charge is 2.19. The summed E-state index contributed by atoms with van der Waals surface area (Å²) in [6.07, 6.45) is 5.19. The first-order valence-corrected chi connectivity index (χ1v) is 9.99. The fourth-order valence-electron chi connectivity index (χ4n) is 3.33. The minimum absolute atomic E-state index is 0.0410. The van der Waals surface area contributed by atoms with Crippen molar-refractivity contribution in [3.63, 3.8) is 0 Å². The van der Waals surface area contributed by atoms with Gasteiger partial charge in [0, 0.05) is 17.9 Å². The minimum atomic E-state index is -0.507. The fraction of sp³-hybridized carbons (Fsp3) is 0.391. The van der Waals surface area contributed by atoms with Crippen LogP contribution in [0.15, 0.2) is 54.6 Å². The molecule has 2 aromatic rings. The molecule has 150 valence electrons. The van der Waals surface area contributed by atoms with E-state index >= 15 is 0 Å². The van der Waals surface area contributed by atoms with Crippen LogP contribution in [0.4, 0.5) is 0 Å². The van der Waals surface area contributed by atoms with Crippen LogP contribution in [0, 0.1) is 5.92 Å². The van der Waals surface area contributed by atoms with Crippen molar-refractivity contribution in [3.05, 3.63) is 60.2 Å². The van der Waals surface area contributed by atoms with Gasteiger partial charge in [-0.05, 0) is 30.4 Å². The standard InChI is InChI=1S/C23H30N2O3/c1-2-3-9-20(12-7-8-13-22(26)25(24)28)23(27)21-16-14-19(15-17-21)18-10-5-4-6-11-18/h4-6,10-11,14-17,20,28H,2-3,7-9,12-13,24H2,1H3. The van der Waals surface area contributed by atoms with Gasteiger partial charge in [-0.1, -0.05) is 80.8 Å². The average molecular weight is 383 g/mol. The van der Waals surface area contributed by atoms with Crippen molar-refractivity contribution in [1.82, 2.24) is 5.17 Å². The SMILES string of the molecule is CCCCC(CCCCC(=O)N(N)O)C(=O)c1ccc(-c2ccccc2)cc1. The van der Waals surface area contributed by atoms with Crippen molar-refractivity contribution in [3.8, 4) is 11.1 Å². The molecule has 0 saturated carbocycles. The van der Waals surface area contributed by atoms with E-state index in [1.165, 1.54) is 0 Å². The molecule has 0 aliphatic heterocycles. The van der Waals surface area contributed by atoms with Gasteiger partial charge >= 0.3 is 0 Å². The number of hydrogen-bond acceptors (Lipinski definition) is 4. The molecule has 3 N–H and O–H groups in total. The highest BCUT2D eigenvalue weighted by Crippen LogP contribution is 2.24. The molecular weight excluding hydrogens is 352 g/mol. The molecule has 0 radical (unpaired) electrons. The van der Waals surface area contributed by atoms with Crippen molar-refractivity contribution >= 4 is 11.7 Å². The zero-order valence-electron chi connectivity index (χ0n) is 16.5. The number of amides is 1. The molecule has 28 heavy (non-hydrogen) atoms. The van der Waals surface area contributed by atoms with E-state index in [1.807, 2.05) is 42.5 Å². The topological polar surface area (TPSA) is 83.6 Å². The third kappa shape index (κ3) is 6.59. The Kier molecular flexibility index (Phi) is 8.85. The van der Waals surface area contributed by atoms with E-state index in [1.54, 1.807) is 0 Å². The lowest BCUT2D eigenvalue weighted by Gasteiger charge is -2.16. The molecular formula is C23H30N2O3. The van der Waals surface area contributed by atoms with Gasteiger partial charge in [-0.25, -0.2) is 5.84 Å². The molecule has 0 bridgehead atoms. The Balaban J connectivity index is 1.98. The predicted octanol–water partition coefficient (Wildman–Crippen LogP) is 4.99. The maximum Gasteiger partial charge on any atom is 0.260 e. The molecule has 0 heterocycles. The highest BCUT2D eigenvalue weighted by atomic mass is 16.5. The smallest absolute Gasteiger partial charge is 0.260 e. The van der Waals surface area contributed by atoms with Crippen LogP contribution >= 0.6 is 0 Å². The van der Waals surface area contributed by atoms with Gasteiger partial charge in [-0.3, -0.25) is 14.8 Å². The number of unbranched alkanes of at least 4 members (excludes halogenated alkanes) is 2. The van der Waals surface area contributed by atoms with Crippen molar-refractivity contribution in [2.24, 2.45) is 11.8 Å². The van der Waals surface area contributed by atoms with Gasteiger partial charge in [0.25, 0.3) is 5.91 Å². The van der Waals surface area contributed by atoms with E-state index in [2.05, 4.69) is 19.1 Å². The Morgan fingerprint density at radius 1 is 0.929 bits per heavy atom. The van der Waals surface area contributed by atoms with E-state index in [0.717, 1.165) is 48.8 Å². The summed E-state index contributed by atoms with van der Waals surface area (Å²) >= 11 is 0. The molecule has 0 spiro atoms. The zero-order chi connectivity index (χ0) is 20.4. The Labute approximate surface area is 167 Å². The minimum Gasteiger partial charge on any atom is -0.294 e. The van der Waals surface area contributed by atoms with Crippen molar-refractivity contribution < 1.29 is 14.8 Å². The summed E-state index contributed by atoms with van der Waals surface area (Å²) in [6, 6.07) is 17.9. The van der Waals surface area contributed by atoms with Crippen LogP contribution in [0.5, 0.6) is 0 Å². The molecule has 5 nitrogen and oxygen atoms in total. The zero-order valence-corrected chi connectivity index (χ0v) is 16.5. The summed E-state index contributed by atoms with van der Waals surface area (Å²) in [6.45, 7) is 2.12. The van der Waals surface area contributed by atoms with E-state index in [0.29, 0.717) is 6.42 Å². The first-order chi connectivity index (χ1) is 13.5. The normalized spacial score (nSPS) is 11.8. The predicted molar refractivity (Wildman–Crippen MR) is 111 cm³/mol. The van der Waals surface area contributed by atoms with Crippen LogP contribution in [0.3, 0.4) is 0 Å². The maximum atomic E-state index is 13.0. The average Bonchev–Trinajstić information content (AvgIpc) is 2.73. The number of carbonyl (C=O) groups is 2. The Morgan fingerprint density at radius 2 is 1.54 bits per heavy atom. The molecule has 1 unspecified atom stereocenters. The summed E-state index contributed by atoms with van der Waals surface area (Å²) in [4.78, 5) is 24.3. The number of nitrogens with two attached hydrogens (primary N) is 1. The Bertz CT molecular complexity index is 742. The molecule has 0 aliphatic carbocycles. The lowest BCUT2D eigenvalue weighted by atomic mass is 9.87. The molecule has 0 aliphatic rings. The van der Waals surface area contributed by atoms with Crippen molar-refractivity contribution in [1.29, 1.82) is 0 Å². The second-order valence-electron chi connectivity index (χ2n) is 7.13. The van der Waals surface area contributed by atoms with Crippen LogP contribution in [-0.4, -0.2) is 22.1 Å². The highest BCUT2D eigenvalue weighted by molar-refractivity contribution is 5.98. The van der Waals surface area contributed by atoms with Crippen molar-refractivity contribution in [2.45, 2.75) is 51.9 Å². The quantitative estimate of drug-likeness (QED) is 0.143. The summed E-state index contributed by atoms with van der Waals surface area (Å²) in [5.74, 6) is 4.63. The van der Waals surface area contributed by atoms with Crippen LogP contribution in [0.2, 0.25) is 0 Å². The second kappa shape index (κ2) is 11.4. The number of nitrogens with zero attached hydrogens (tertiary/aromatic N) is 1. The lowest BCUT2D eigenvalue weighted by Crippen LogP contribution is -2.33. The number of hydrogen-bond donors (Lipinski definition) is 2. The Hall–Kier alpha value is -2.50. The number of carbonyl (C=O) groups excluding carboxylic acids is 2. The number of hydrazine groups is 1. The van der Waals surface area contributed by atoms with Crippen LogP contribution in [0.1, 0.15) is 62.2 Å². The number of rotatable bonds is 11. The molecule has 1 atom stereocenters. The van der Waals surface area contributed by atoms with E-state index in [4.69, 9.17) is 11.0 Å². The summed E-state index contributed by atoms with van der Waals surface area (Å²) in [5, 5.41) is 9.03. The molecule has 5 heteroatoms. The number of Topliss-reactive ketones (excluding diaryl/α,β-unsaturated/α-hetero) is 1. The van der Waals surface area contributed by atoms with Crippen molar-refractivity contribution in [2.75, 3.05) is 0 Å². The summed E-state index contributed by atoms with van der Waals surface area (Å²) in [7, 11) is 0. The van der Waals surface area contributed by atoms with Gasteiger partial charge in [0.15, 0.2) is 5.78 Å². The van der Waals surface area contributed by atoms with Crippen LogP contribution in [0.25, 0.3) is 11.1 Å². The first kappa shape index (κ1) is 21.8. The monoisotopic (exact) mass is 382 g/mol. The molecule has 0 fully saturated rings. The van der Waals surface area contributed by atoms with E-state index < -0.39 is 5.91 Å². The van der Waals surface area contributed by atoms with Gasteiger partial charge in [0.05, 0.1) is 0 Å². The second-order valence-corrected chi connectivity index (χ2v) is 7.13. The summed E-state index contributed by atoms with van der Waals surface area (Å²) < 4.78 is 0. The molecule has 1 amide bonds. The lowest BCUT2D eigenvalue weighted by molar-refractivity contribution is -0.166.